The maximum Gasteiger partial charge on any atom is 0.263 e. The van der Waals surface area contributed by atoms with Gasteiger partial charge in [0.1, 0.15) is 12.7 Å². The molecule has 0 atom stereocenters. The van der Waals surface area contributed by atoms with Gasteiger partial charge in [0, 0.05) is 5.56 Å². The molecule has 15 heavy (non-hydrogen) atoms. The molecule has 0 aliphatic rings. The minimum atomic E-state index is -2.41. The molecule has 1 heterocycles. The number of nitrogens with zero attached hydrogens (tertiary/aromatic N) is 3. The van der Waals surface area contributed by atoms with Crippen LogP contribution in [0.3, 0.4) is 0 Å². The first-order valence-electron chi connectivity index (χ1n) is 4.45. The van der Waals surface area contributed by atoms with Crippen molar-refractivity contribution in [1.29, 1.82) is 0 Å². The molecule has 5 heteroatoms. The third-order valence-corrected chi connectivity index (χ3v) is 2.04. The summed E-state index contributed by atoms with van der Waals surface area (Å²) in [5, 5.41) is 3.93. The number of hydrogen-bond acceptors (Lipinski definition) is 2. The first-order chi connectivity index (χ1) is 7.25. The van der Waals surface area contributed by atoms with Crippen LogP contribution in [0.15, 0.2) is 36.9 Å². The van der Waals surface area contributed by atoms with Crippen LogP contribution in [0.5, 0.6) is 0 Å². The second-order valence-electron chi connectivity index (χ2n) is 3.14. The lowest BCUT2D eigenvalue weighted by atomic mass is 10.1. The lowest BCUT2D eigenvalue weighted by molar-refractivity contribution is 0.151. The van der Waals surface area contributed by atoms with E-state index in [0.29, 0.717) is 6.54 Å². The van der Waals surface area contributed by atoms with E-state index < -0.39 is 6.43 Å². The number of rotatable bonds is 3. The first kappa shape index (κ1) is 9.76. The zero-order valence-electron chi connectivity index (χ0n) is 7.85. The summed E-state index contributed by atoms with van der Waals surface area (Å²) in [6.45, 7) is 0.545. The summed E-state index contributed by atoms with van der Waals surface area (Å²) < 4.78 is 26.1. The second kappa shape index (κ2) is 4.16. The van der Waals surface area contributed by atoms with E-state index in [1.54, 1.807) is 23.1 Å². The van der Waals surface area contributed by atoms with E-state index in [-0.39, 0.29) is 5.56 Å². The topological polar surface area (TPSA) is 30.7 Å². The highest BCUT2D eigenvalue weighted by molar-refractivity contribution is 5.23. The van der Waals surface area contributed by atoms with Crippen molar-refractivity contribution >= 4 is 0 Å². The molecule has 0 aliphatic heterocycles. The fraction of sp³-hybridized carbons (Fsp3) is 0.200. The average molecular weight is 209 g/mol. The SMILES string of the molecule is FC(F)c1ccc(Cn2cncn2)cc1. The Morgan fingerprint density at radius 1 is 1.20 bits per heavy atom. The van der Waals surface area contributed by atoms with Gasteiger partial charge in [0.2, 0.25) is 0 Å². The van der Waals surface area contributed by atoms with Crippen molar-refractivity contribution in [3.05, 3.63) is 48.0 Å². The standard InChI is InChI=1S/C10H9F2N3/c11-10(12)9-3-1-8(2-4-9)5-15-7-13-6-14-15/h1-4,6-7,10H,5H2. The summed E-state index contributed by atoms with van der Waals surface area (Å²) >= 11 is 0. The van der Waals surface area contributed by atoms with Gasteiger partial charge in [0.25, 0.3) is 6.43 Å². The van der Waals surface area contributed by atoms with E-state index in [4.69, 9.17) is 0 Å². The molecule has 0 fully saturated rings. The van der Waals surface area contributed by atoms with Gasteiger partial charge in [-0.1, -0.05) is 24.3 Å². The van der Waals surface area contributed by atoms with Gasteiger partial charge < -0.3 is 0 Å². The summed E-state index contributed by atoms with van der Waals surface area (Å²) in [5.74, 6) is 0. The molecule has 1 aromatic heterocycles. The first-order valence-corrected chi connectivity index (χ1v) is 4.45. The van der Waals surface area contributed by atoms with Gasteiger partial charge in [-0.3, -0.25) is 0 Å². The van der Waals surface area contributed by atoms with Crippen molar-refractivity contribution in [2.24, 2.45) is 0 Å². The number of halogens is 2. The monoisotopic (exact) mass is 209 g/mol. The van der Waals surface area contributed by atoms with E-state index >= 15 is 0 Å². The summed E-state index contributed by atoms with van der Waals surface area (Å²) in [6, 6.07) is 6.19. The Balaban J connectivity index is 2.11. The normalized spacial score (nSPS) is 10.9. The van der Waals surface area contributed by atoms with E-state index in [1.165, 1.54) is 18.5 Å². The Morgan fingerprint density at radius 3 is 2.47 bits per heavy atom. The van der Waals surface area contributed by atoms with Crippen LogP contribution in [-0.2, 0) is 6.54 Å². The molecular weight excluding hydrogens is 200 g/mol. The molecule has 2 aromatic rings. The number of alkyl halides is 2. The van der Waals surface area contributed by atoms with Crippen LogP contribution < -0.4 is 0 Å². The molecule has 1 aromatic carbocycles. The van der Waals surface area contributed by atoms with Crippen LogP contribution in [0.1, 0.15) is 17.6 Å². The van der Waals surface area contributed by atoms with Crippen molar-refractivity contribution in [3.8, 4) is 0 Å². The maximum atomic E-state index is 12.2. The molecule has 78 valence electrons. The van der Waals surface area contributed by atoms with E-state index in [2.05, 4.69) is 10.1 Å². The average Bonchev–Trinajstić information content (AvgIpc) is 2.71. The quantitative estimate of drug-likeness (QED) is 0.776. The van der Waals surface area contributed by atoms with Crippen LogP contribution in [0.25, 0.3) is 0 Å². The highest BCUT2D eigenvalue weighted by Crippen LogP contribution is 2.18. The Kier molecular flexibility index (Phi) is 2.71. The number of aromatic nitrogens is 3. The second-order valence-corrected chi connectivity index (χ2v) is 3.14. The van der Waals surface area contributed by atoms with Crippen molar-refractivity contribution < 1.29 is 8.78 Å². The van der Waals surface area contributed by atoms with Gasteiger partial charge in [-0.2, -0.15) is 5.10 Å². The molecule has 0 radical (unpaired) electrons. The zero-order valence-corrected chi connectivity index (χ0v) is 7.85. The van der Waals surface area contributed by atoms with Crippen molar-refractivity contribution in [3.63, 3.8) is 0 Å². The lowest BCUT2D eigenvalue weighted by Gasteiger charge is -2.03. The van der Waals surface area contributed by atoms with Gasteiger partial charge in [-0.15, -0.1) is 0 Å². The molecule has 0 spiro atoms. The molecule has 0 bridgehead atoms. The molecule has 3 nitrogen and oxygen atoms in total. The fourth-order valence-corrected chi connectivity index (χ4v) is 1.27. The van der Waals surface area contributed by atoms with Crippen LogP contribution in [0, 0.1) is 0 Å². The predicted molar refractivity (Wildman–Crippen MR) is 50.5 cm³/mol. The number of hydrogen-bond donors (Lipinski definition) is 0. The Labute approximate surface area is 85.4 Å². The van der Waals surface area contributed by atoms with Crippen LogP contribution >= 0.6 is 0 Å². The van der Waals surface area contributed by atoms with Crippen LogP contribution in [0.2, 0.25) is 0 Å². The third kappa shape index (κ3) is 2.37. The highest BCUT2D eigenvalue weighted by Gasteiger charge is 2.05. The van der Waals surface area contributed by atoms with Crippen LogP contribution in [-0.4, -0.2) is 14.8 Å². The highest BCUT2D eigenvalue weighted by atomic mass is 19.3. The molecule has 0 amide bonds. The minimum Gasteiger partial charge on any atom is -0.249 e. The van der Waals surface area contributed by atoms with E-state index in [0.717, 1.165) is 5.56 Å². The smallest absolute Gasteiger partial charge is 0.249 e. The summed E-state index contributed by atoms with van der Waals surface area (Å²) in [7, 11) is 0. The van der Waals surface area contributed by atoms with Gasteiger partial charge in [0.05, 0.1) is 6.54 Å². The summed E-state index contributed by atoms with van der Waals surface area (Å²) in [6.07, 6.45) is 0.611. The van der Waals surface area contributed by atoms with Crippen LogP contribution in [0.4, 0.5) is 8.78 Å². The lowest BCUT2D eigenvalue weighted by Crippen LogP contribution is -1.99. The molecule has 0 saturated heterocycles. The largest absolute Gasteiger partial charge is 0.263 e. The van der Waals surface area contributed by atoms with E-state index in [1.807, 2.05) is 0 Å². The Morgan fingerprint density at radius 2 is 1.93 bits per heavy atom. The maximum absolute atomic E-state index is 12.2. The van der Waals surface area contributed by atoms with E-state index in [9.17, 15) is 8.78 Å². The van der Waals surface area contributed by atoms with Gasteiger partial charge in [0.15, 0.2) is 0 Å². The Bertz CT molecular complexity index is 409. The molecule has 0 N–H and O–H groups in total. The zero-order chi connectivity index (χ0) is 10.7. The van der Waals surface area contributed by atoms with Crippen molar-refractivity contribution in [2.45, 2.75) is 13.0 Å². The molecule has 2 rings (SSSR count). The molecule has 0 saturated carbocycles. The predicted octanol–water partition coefficient (Wildman–Crippen LogP) is 2.26. The van der Waals surface area contributed by atoms with Gasteiger partial charge >= 0.3 is 0 Å². The minimum absolute atomic E-state index is 0.0392. The fourth-order valence-electron chi connectivity index (χ4n) is 1.27. The van der Waals surface area contributed by atoms with Gasteiger partial charge in [-0.25, -0.2) is 18.4 Å². The van der Waals surface area contributed by atoms with Gasteiger partial charge in [-0.05, 0) is 5.56 Å². The van der Waals surface area contributed by atoms with Crippen molar-refractivity contribution in [2.75, 3.05) is 0 Å². The molecule has 0 aliphatic carbocycles. The van der Waals surface area contributed by atoms with Crippen molar-refractivity contribution in [1.82, 2.24) is 14.8 Å². The molecule has 0 unspecified atom stereocenters. The summed E-state index contributed by atoms with van der Waals surface area (Å²) in [4.78, 5) is 3.80. The third-order valence-electron chi connectivity index (χ3n) is 2.04. The molecular formula is C10H9F2N3. The number of benzene rings is 1. The Hall–Kier alpha value is -1.78. The summed E-state index contributed by atoms with van der Waals surface area (Å²) in [5.41, 5.74) is 0.960.